The van der Waals surface area contributed by atoms with Crippen LogP contribution in [0, 0.1) is 0 Å². The molecule has 0 aliphatic rings. The lowest BCUT2D eigenvalue weighted by molar-refractivity contribution is 0.0948. The van der Waals surface area contributed by atoms with E-state index in [2.05, 4.69) is 16.0 Å². The molecule has 22 heavy (non-hydrogen) atoms. The van der Waals surface area contributed by atoms with E-state index in [4.69, 9.17) is 4.42 Å². The Balaban J connectivity index is 2.00. The molecule has 0 spiro atoms. The highest BCUT2D eigenvalue weighted by atomic mass is 16.3. The number of hydrogen-bond acceptors (Lipinski definition) is 4. The van der Waals surface area contributed by atoms with E-state index in [1.165, 1.54) is 6.26 Å². The highest BCUT2D eigenvalue weighted by molar-refractivity contribution is 6.03. The first-order chi connectivity index (χ1) is 10.6. The number of rotatable bonds is 6. The van der Waals surface area contributed by atoms with Gasteiger partial charge in [-0.15, -0.1) is 0 Å². The summed E-state index contributed by atoms with van der Waals surface area (Å²) in [6.07, 6.45) is 1.43. The lowest BCUT2D eigenvalue weighted by atomic mass is 10.2. The molecule has 2 aromatic rings. The fourth-order valence-electron chi connectivity index (χ4n) is 1.79. The zero-order valence-corrected chi connectivity index (χ0v) is 12.6. The van der Waals surface area contributed by atoms with Crippen molar-refractivity contribution < 1.29 is 14.0 Å². The van der Waals surface area contributed by atoms with Crippen molar-refractivity contribution in [2.75, 3.05) is 18.9 Å². The van der Waals surface area contributed by atoms with Gasteiger partial charge in [-0.1, -0.05) is 6.07 Å². The summed E-state index contributed by atoms with van der Waals surface area (Å²) in [5.74, 6) is -0.319. The molecule has 1 aromatic heterocycles. The zero-order chi connectivity index (χ0) is 15.9. The number of likely N-dealkylation sites (N-methyl/N-ethyl adjacent to an activating group) is 1. The monoisotopic (exact) mass is 301 g/mol. The lowest BCUT2D eigenvalue weighted by Gasteiger charge is -2.12. The number of furan rings is 1. The first kappa shape index (κ1) is 15.8. The average Bonchev–Trinajstić information content (AvgIpc) is 3.07. The van der Waals surface area contributed by atoms with Gasteiger partial charge in [-0.25, -0.2) is 0 Å². The largest absolute Gasteiger partial charge is 0.459 e. The van der Waals surface area contributed by atoms with E-state index >= 15 is 0 Å². The molecule has 116 valence electrons. The second-order valence-corrected chi connectivity index (χ2v) is 4.91. The van der Waals surface area contributed by atoms with Crippen LogP contribution in [-0.4, -0.2) is 31.4 Å². The highest BCUT2D eigenvalue weighted by Gasteiger charge is 2.11. The number of nitrogens with one attached hydrogen (secondary N) is 3. The average molecular weight is 301 g/mol. The molecule has 2 rings (SSSR count). The molecule has 0 radical (unpaired) electrons. The van der Waals surface area contributed by atoms with Crippen LogP contribution < -0.4 is 16.0 Å². The molecular formula is C16H19N3O3. The van der Waals surface area contributed by atoms with Gasteiger partial charge in [0.15, 0.2) is 5.76 Å². The van der Waals surface area contributed by atoms with Crippen molar-refractivity contribution >= 4 is 17.5 Å². The van der Waals surface area contributed by atoms with Crippen LogP contribution in [0.25, 0.3) is 0 Å². The van der Waals surface area contributed by atoms with E-state index in [1.807, 2.05) is 14.0 Å². The number of carbonyl (C=O) groups is 2. The van der Waals surface area contributed by atoms with Crippen molar-refractivity contribution in [3.05, 3.63) is 54.0 Å². The molecule has 3 N–H and O–H groups in total. The highest BCUT2D eigenvalue weighted by Crippen LogP contribution is 2.12. The van der Waals surface area contributed by atoms with Crippen molar-refractivity contribution in [3.8, 4) is 0 Å². The molecule has 2 amide bonds. The molecule has 0 bridgehead atoms. The summed E-state index contributed by atoms with van der Waals surface area (Å²) in [6, 6.07) is 10.2. The molecule has 0 saturated heterocycles. The van der Waals surface area contributed by atoms with E-state index in [0.717, 1.165) is 0 Å². The Morgan fingerprint density at radius 2 is 2.00 bits per heavy atom. The molecule has 6 heteroatoms. The summed E-state index contributed by atoms with van der Waals surface area (Å²) in [5.41, 5.74) is 1.02. The Morgan fingerprint density at radius 3 is 2.68 bits per heavy atom. The quantitative estimate of drug-likeness (QED) is 0.760. The van der Waals surface area contributed by atoms with E-state index in [9.17, 15) is 9.59 Å². The van der Waals surface area contributed by atoms with Crippen molar-refractivity contribution in [3.63, 3.8) is 0 Å². The topological polar surface area (TPSA) is 83.4 Å². The van der Waals surface area contributed by atoms with E-state index in [0.29, 0.717) is 17.8 Å². The first-order valence-corrected chi connectivity index (χ1v) is 7.00. The maximum Gasteiger partial charge on any atom is 0.291 e. The maximum absolute atomic E-state index is 12.1. The summed E-state index contributed by atoms with van der Waals surface area (Å²) in [7, 11) is 1.83. The van der Waals surface area contributed by atoms with E-state index in [1.54, 1.807) is 36.4 Å². The molecule has 1 aromatic carbocycles. The Hall–Kier alpha value is -2.60. The van der Waals surface area contributed by atoms with E-state index < -0.39 is 0 Å². The third-order valence-corrected chi connectivity index (χ3v) is 3.19. The summed E-state index contributed by atoms with van der Waals surface area (Å²) in [4.78, 5) is 24.0. The number of amides is 2. The molecular weight excluding hydrogens is 282 g/mol. The molecule has 0 fully saturated rings. The minimum atomic E-state index is -0.355. The van der Waals surface area contributed by atoms with Gasteiger partial charge in [-0.05, 0) is 44.3 Å². The van der Waals surface area contributed by atoms with Crippen LogP contribution in [0.15, 0.2) is 47.1 Å². The Kier molecular flexibility index (Phi) is 5.32. The van der Waals surface area contributed by atoms with Gasteiger partial charge >= 0.3 is 0 Å². The smallest absolute Gasteiger partial charge is 0.291 e. The number of carbonyl (C=O) groups excluding carboxylic acids is 2. The summed E-state index contributed by atoms with van der Waals surface area (Å²) in [5, 5.41) is 8.56. The van der Waals surface area contributed by atoms with Crippen LogP contribution >= 0.6 is 0 Å². The maximum atomic E-state index is 12.1. The van der Waals surface area contributed by atoms with Crippen molar-refractivity contribution in [2.24, 2.45) is 0 Å². The van der Waals surface area contributed by atoms with Gasteiger partial charge in [0.2, 0.25) is 0 Å². The van der Waals surface area contributed by atoms with Crippen LogP contribution in [0.1, 0.15) is 27.8 Å². The second kappa shape index (κ2) is 7.42. The van der Waals surface area contributed by atoms with Crippen LogP contribution in [0.5, 0.6) is 0 Å². The van der Waals surface area contributed by atoms with Crippen molar-refractivity contribution in [2.45, 2.75) is 13.0 Å². The zero-order valence-electron chi connectivity index (χ0n) is 12.6. The van der Waals surface area contributed by atoms with Gasteiger partial charge in [0.05, 0.1) is 6.26 Å². The van der Waals surface area contributed by atoms with Gasteiger partial charge in [0, 0.05) is 23.8 Å². The van der Waals surface area contributed by atoms with Crippen LogP contribution in [0.4, 0.5) is 5.69 Å². The summed E-state index contributed by atoms with van der Waals surface area (Å²) < 4.78 is 5.02. The van der Waals surface area contributed by atoms with Crippen molar-refractivity contribution in [1.82, 2.24) is 10.6 Å². The summed E-state index contributed by atoms with van der Waals surface area (Å²) >= 11 is 0. The normalized spacial score (nSPS) is 11.7. The van der Waals surface area contributed by atoms with Crippen LogP contribution in [0.3, 0.4) is 0 Å². The minimum Gasteiger partial charge on any atom is -0.459 e. The second-order valence-electron chi connectivity index (χ2n) is 4.91. The number of anilines is 1. The number of hydrogen-bond donors (Lipinski definition) is 3. The molecule has 1 unspecified atom stereocenters. The molecule has 0 aliphatic carbocycles. The van der Waals surface area contributed by atoms with Gasteiger partial charge in [0.1, 0.15) is 0 Å². The Labute approximate surface area is 128 Å². The third kappa shape index (κ3) is 4.20. The number of benzene rings is 1. The first-order valence-electron chi connectivity index (χ1n) is 7.00. The molecule has 0 aliphatic heterocycles. The molecule has 1 atom stereocenters. The van der Waals surface area contributed by atoms with Gasteiger partial charge < -0.3 is 20.4 Å². The van der Waals surface area contributed by atoms with Crippen LogP contribution in [-0.2, 0) is 0 Å². The standard InChI is InChI=1S/C16H19N3O3/c1-11(17-2)10-18-15(20)12-5-3-6-13(9-12)19-16(21)14-7-4-8-22-14/h3-9,11,17H,10H2,1-2H3,(H,18,20)(H,19,21). The Bertz CT molecular complexity index is 638. The Morgan fingerprint density at radius 1 is 1.18 bits per heavy atom. The SMILES string of the molecule is CNC(C)CNC(=O)c1cccc(NC(=O)c2ccco2)c1. The predicted octanol–water partition coefficient (Wildman–Crippen LogP) is 1.87. The van der Waals surface area contributed by atoms with Gasteiger partial charge in [0.25, 0.3) is 11.8 Å². The predicted molar refractivity (Wildman–Crippen MR) is 84.0 cm³/mol. The lowest BCUT2D eigenvalue weighted by Crippen LogP contribution is -2.37. The van der Waals surface area contributed by atoms with Crippen molar-refractivity contribution in [1.29, 1.82) is 0 Å². The third-order valence-electron chi connectivity index (χ3n) is 3.19. The summed E-state index contributed by atoms with van der Waals surface area (Å²) in [6.45, 7) is 2.50. The molecule has 1 heterocycles. The van der Waals surface area contributed by atoms with E-state index in [-0.39, 0.29) is 23.6 Å². The van der Waals surface area contributed by atoms with Crippen LogP contribution in [0.2, 0.25) is 0 Å². The fraction of sp³-hybridized carbons (Fsp3) is 0.250. The fourth-order valence-corrected chi connectivity index (χ4v) is 1.79. The minimum absolute atomic E-state index is 0.184. The van der Waals surface area contributed by atoms with Gasteiger partial charge in [-0.2, -0.15) is 0 Å². The van der Waals surface area contributed by atoms with Gasteiger partial charge in [-0.3, -0.25) is 9.59 Å². The molecule has 0 saturated carbocycles. The molecule has 6 nitrogen and oxygen atoms in total.